The Morgan fingerprint density at radius 3 is 1.86 bits per heavy atom. The number of rotatable bonds is 9. The van der Waals surface area contributed by atoms with E-state index in [1.54, 1.807) is 24.3 Å². The maximum Gasteiger partial charge on any atom is 0.307 e. The summed E-state index contributed by atoms with van der Waals surface area (Å²) in [6.07, 6.45) is -0.124. The number of benzene rings is 5. The molecule has 0 saturated carbocycles. The van der Waals surface area contributed by atoms with Crippen molar-refractivity contribution in [2.45, 2.75) is 56.7 Å². The van der Waals surface area contributed by atoms with Crippen LogP contribution in [0.3, 0.4) is 0 Å². The molecule has 4 atom stereocenters. The molecule has 0 unspecified atom stereocenters. The molecular weight excluding hydrogens is 745 g/mol. The molecule has 0 aromatic heterocycles. The summed E-state index contributed by atoms with van der Waals surface area (Å²) in [6.45, 7) is -0.520. The Bertz CT molecular complexity index is 2220. The molecule has 4 N–H and O–H groups in total. The van der Waals surface area contributed by atoms with Gasteiger partial charge >= 0.3 is 5.97 Å². The Labute approximate surface area is 334 Å². The first kappa shape index (κ1) is 41.0. The lowest BCUT2D eigenvalue weighted by molar-refractivity contribution is -0.144. The van der Waals surface area contributed by atoms with E-state index in [0.717, 1.165) is 28.8 Å². The molecule has 298 valence electrons. The fraction of sp³-hybridized carbons (Fsp3) is 0.239. The number of nitrogens with one attached hydrogen (secondary N) is 3. The van der Waals surface area contributed by atoms with Gasteiger partial charge in [-0.1, -0.05) is 103 Å². The topological polar surface area (TPSA) is 151 Å². The van der Waals surface area contributed by atoms with Crippen molar-refractivity contribution in [1.82, 2.24) is 16.0 Å². The number of halogens is 2. The van der Waals surface area contributed by atoms with E-state index in [0.29, 0.717) is 17.5 Å². The highest BCUT2D eigenvalue weighted by atomic mass is 19.2. The fourth-order valence-electron chi connectivity index (χ4n) is 6.86. The van der Waals surface area contributed by atoms with Crippen molar-refractivity contribution < 1.29 is 42.6 Å². The minimum atomic E-state index is -1.37. The Balaban J connectivity index is 1.35. The molecule has 5 aromatic carbocycles. The van der Waals surface area contributed by atoms with E-state index in [2.05, 4.69) is 16.0 Å². The highest BCUT2D eigenvalue weighted by Crippen LogP contribution is 2.22. The molecule has 58 heavy (non-hydrogen) atoms. The van der Waals surface area contributed by atoms with Crippen molar-refractivity contribution in [3.63, 3.8) is 0 Å². The molecule has 2 bridgehead atoms. The molecule has 2 aliphatic heterocycles. The van der Waals surface area contributed by atoms with Gasteiger partial charge in [-0.15, -0.1) is 0 Å². The molecule has 3 amide bonds. The normalized spacial score (nSPS) is 19.4. The van der Waals surface area contributed by atoms with Gasteiger partial charge < -0.3 is 25.8 Å². The number of carboxylic acids is 1. The molecule has 0 aliphatic carbocycles. The smallest absolute Gasteiger partial charge is 0.307 e. The number of carbonyl (C=O) groups excluding carboxylic acids is 4. The summed E-state index contributed by atoms with van der Waals surface area (Å²) in [5, 5.41) is 18.3. The lowest BCUT2D eigenvalue weighted by atomic mass is 9.90. The van der Waals surface area contributed by atoms with Crippen molar-refractivity contribution in [1.29, 1.82) is 0 Å². The number of aryl methyl sites for hydroxylation is 1. The number of fused-ring (bicyclic) bond motifs is 16. The Morgan fingerprint density at radius 2 is 1.21 bits per heavy atom. The van der Waals surface area contributed by atoms with Crippen molar-refractivity contribution in [2.24, 2.45) is 5.92 Å². The van der Waals surface area contributed by atoms with Crippen molar-refractivity contribution in [3.8, 4) is 16.9 Å². The molecule has 0 saturated heterocycles. The molecule has 7 rings (SSSR count). The van der Waals surface area contributed by atoms with E-state index in [9.17, 15) is 37.9 Å². The Morgan fingerprint density at radius 1 is 0.621 bits per heavy atom. The summed E-state index contributed by atoms with van der Waals surface area (Å²) in [5.41, 5.74) is 4.27. The van der Waals surface area contributed by atoms with Gasteiger partial charge in [-0.25, -0.2) is 8.78 Å². The van der Waals surface area contributed by atoms with Gasteiger partial charge in [0.1, 0.15) is 17.8 Å². The van der Waals surface area contributed by atoms with Crippen molar-refractivity contribution >= 4 is 29.5 Å². The zero-order chi connectivity index (χ0) is 41.0. The zero-order valence-corrected chi connectivity index (χ0v) is 31.5. The van der Waals surface area contributed by atoms with Crippen LogP contribution in [0.4, 0.5) is 8.78 Å². The Kier molecular flexibility index (Phi) is 13.7. The molecular formula is C46H43F2N3O7. The first-order valence-corrected chi connectivity index (χ1v) is 19.0. The second kappa shape index (κ2) is 19.4. The van der Waals surface area contributed by atoms with Gasteiger partial charge in [-0.3, -0.25) is 24.0 Å². The van der Waals surface area contributed by atoms with Crippen LogP contribution in [0.2, 0.25) is 0 Å². The van der Waals surface area contributed by atoms with Gasteiger partial charge in [0.25, 0.3) is 5.91 Å². The van der Waals surface area contributed by atoms with Crippen LogP contribution in [0, 0.1) is 17.6 Å². The highest BCUT2D eigenvalue weighted by Gasteiger charge is 2.32. The lowest BCUT2D eigenvalue weighted by Gasteiger charge is -2.26. The molecule has 2 heterocycles. The van der Waals surface area contributed by atoms with Crippen LogP contribution < -0.4 is 20.7 Å². The summed E-state index contributed by atoms with van der Waals surface area (Å²) in [5.74, 6) is -6.95. The number of ether oxygens (including phenoxy) is 1. The van der Waals surface area contributed by atoms with Gasteiger partial charge in [0.15, 0.2) is 24.0 Å². The number of carbonyl (C=O) groups is 5. The predicted octanol–water partition coefficient (Wildman–Crippen LogP) is 5.80. The molecule has 0 spiro atoms. The molecule has 0 fully saturated rings. The van der Waals surface area contributed by atoms with Crippen molar-refractivity contribution in [3.05, 3.63) is 161 Å². The van der Waals surface area contributed by atoms with Crippen LogP contribution in [0.15, 0.2) is 127 Å². The number of amides is 3. The summed E-state index contributed by atoms with van der Waals surface area (Å²) in [7, 11) is 0. The van der Waals surface area contributed by atoms with Gasteiger partial charge in [0, 0.05) is 19.3 Å². The van der Waals surface area contributed by atoms with E-state index >= 15 is 0 Å². The SMILES string of the molecule is O=C1COc2ccc(cc2)C[C@@H](C(=O)O)CC(=O)[C@@H](CCc2ccccc2)NC(=O)[C@H](Cc2ccc(-c3ccccc3)cc2)NC(=O)[C@@H](Cc2ccc(F)c(F)c2)N1. The summed E-state index contributed by atoms with van der Waals surface area (Å²) < 4.78 is 33.8. The van der Waals surface area contributed by atoms with E-state index in [4.69, 9.17) is 4.74 Å². The van der Waals surface area contributed by atoms with Crippen LogP contribution in [-0.4, -0.2) is 59.3 Å². The highest BCUT2D eigenvalue weighted by molar-refractivity contribution is 5.96. The third-order valence-electron chi connectivity index (χ3n) is 10.1. The number of carboxylic acid groups (broad SMARTS) is 1. The zero-order valence-electron chi connectivity index (χ0n) is 31.5. The van der Waals surface area contributed by atoms with E-state index in [1.165, 1.54) is 6.07 Å². The molecule has 5 aromatic rings. The average Bonchev–Trinajstić information content (AvgIpc) is 3.23. The van der Waals surface area contributed by atoms with Crippen LogP contribution in [0.1, 0.15) is 35.1 Å². The first-order valence-electron chi connectivity index (χ1n) is 19.0. The third-order valence-corrected chi connectivity index (χ3v) is 10.1. The van der Waals surface area contributed by atoms with E-state index in [-0.39, 0.29) is 43.4 Å². The van der Waals surface area contributed by atoms with Crippen LogP contribution in [0.25, 0.3) is 11.1 Å². The van der Waals surface area contributed by atoms with Crippen LogP contribution >= 0.6 is 0 Å². The minimum absolute atomic E-state index is 0.0184. The Hall–Kier alpha value is -6.69. The lowest BCUT2D eigenvalue weighted by Crippen LogP contribution is -2.57. The van der Waals surface area contributed by atoms with Crippen LogP contribution in [-0.2, 0) is 49.7 Å². The summed E-state index contributed by atoms with van der Waals surface area (Å²) in [4.78, 5) is 68.3. The number of hydrogen-bond donors (Lipinski definition) is 4. The molecule has 10 nitrogen and oxygen atoms in total. The van der Waals surface area contributed by atoms with Gasteiger partial charge in [0.2, 0.25) is 11.8 Å². The van der Waals surface area contributed by atoms with Crippen LogP contribution in [0.5, 0.6) is 5.75 Å². The summed E-state index contributed by atoms with van der Waals surface area (Å²) >= 11 is 0. The van der Waals surface area contributed by atoms with E-state index < -0.39 is 71.8 Å². The average molecular weight is 788 g/mol. The molecule has 12 heteroatoms. The maximum atomic E-state index is 14.4. The second-order valence-corrected chi connectivity index (χ2v) is 14.3. The summed E-state index contributed by atoms with van der Waals surface area (Å²) in [6, 6.07) is 32.1. The predicted molar refractivity (Wildman–Crippen MR) is 213 cm³/mol. The number of ketones is 1. The third kappa shape index (κ3) is 11.4. The number of Topliss-reactive ketones (excluding diaryl/α,β-unsaturated/α-hetero) is 1. The number of aliphatic carboxylic acids is 1. The maximum absolute atomic E-state index is 14.4. The quantitative estimate of drug-likeness (QED) is 0.138. The first-order chi connectivity index (χ1) is 28.0. The fourth-order valence-corrected chi connectivity index (χ4v) is 6.86. The minimum Gasteiger partial charge on any atom is -0.484 e. The van der Waals surface area contributed by atoms with E-state index in [1.807, 2.05) is 84.9 Å². The monoisotopic (exact) mass is 787 g/mol. The van der Waals surface area contributed by atoms with Gasteiger partial charge in [0.05, 0.1) is 12.0 Å². The second-order valence-electron chi connectivity index (χ2n) is 14.3. The molecule has 0 radical (unpaired) electrons. The van der Waals surface area contributed by atoms with Gasteiger partial charge in [-0.05, 0) is 76.9 Å². The molecule has 2 aliphatic rings. The number of hydrogen-bond acceptors (Lipinski definition) is 6. The van der Waals surface area contributed by atoms with Gasteiger partial charge in [-0.2, -0.15) is 0 Å². The van der Waals surface area contributed by atoms with Crippen molar-refractivity contribution in [2.75, 3.05) is 6.61 Å². The standard InChI is InChI=1S/C46H43F2N3O7/c47-37-21-15-32(24-38(37)48)26-40-44(54)51-41(25-31-11-17-34(18-12-31)33-9-5-2-6-10-33)45(55)50-39(22-16-29-7-3-1-4-8-29)42(52)27-35(46(56)57)23-30-13-19-36(20-14-30)58-28-43(53)49-40/h1-15,17-21,24,35,39-41H,16,22-23,25-28H2,(H,49,53)(H,50,55)(H,51,54)(H,56,57)/t35-,39-,40-,41+/m1/s1. The largest absolute Gasteiger partial charge is 0.484 e.